The van der Waals surface area contributed by atoms with Crippen LogP contribution in [0.25, 0.3) is 0 Å². The maximum atomic E-state index is 13.5. The first-order chi connectivity index (χ1) is 9.43. The molecular weight excluding hydrogens is 408 g/mol. The highest BCUT2D eigenvalue weighted by molar-refractivity contribution is 9.10. The highest BCUT2D eigenvalue weighted by atomic mass is 79.9. The average Bonchev–Trinajstić information content (AvgIpc) is 2.39. The van der Waals surface area contributed by atoms with Crippen LogP contribution in [0.3, 0.4) is 0 Å². The van der Waals surface area contributed by atoms with Crippen LogP contribution in [0.1, 0.15) is 11.6 Å². The second-order valence-electron chi connectivity index (χ2n) is 4.62. The molecule has 1 aromatic carbocycles. The highest BCUT2D eigenvalue weighted by Crippen LogP contribution is 2.42. The van der Waals surface area contributed by atoms with E-state index < -0.39 is 12.2 Å². The van der Waals surface area contributed by atoms with Gasteiger partial charge < -0.3 is 10.1 Å². The van der Waals surface area contributed by atoms with Crippen molar-refractivity contribution in [2.24, 2.45) is 0 Å². The largest absolute Gasteiger partial charge is 0.496 e. The summed E-state index contributed by atoms with van der Waals surface area (Å²) >= 11 is 3.23. The number of hydrogen-bond donors (Lipinski definition) is 1. The molecule has 128 valence electrons. The Morgan fingerprint density at radius 3 is 2.32 bits per heavy atom. The number of methoxy groups -OCH3 is 1. The molecule has 0 aromatic heterocycles. The van der Waals surface area contributed by atoms with E-state index in [9.17, 15) is 13.2 Å². The molecule has 1 atom stereocenters. The molecule has 2 rings (SSSR count). The molecule has 9 heteroatoms. The first-order valence-corrected chi connectivity index (χ1v) is 7.07. The van der Waals surface area contributed by atoms with Gasteiger partial charge in [-0.25, -0.2) is 0 Å². The molecule has 0 amide bonds. The van der Waals surface area contributed by atoms with Crippen molar-refractivity contribution in [3.63, 3.8) is 0 Å². The van der Waals surface area contributed by atoms with Crippen LogP contribution in [0.2, 0.25) is 0 Å². The number of ether oxygens (including phenoxy) is 1. The van der Waals surface area contributed by atoms with Gasteiger partial charge in [-0.15, -0.1) is 24.8 Å². The van der Waals surface area contributed by atoms with Gasteiger partial charge in [-0.3, -0.25) is 4.90 Å². The van der Waals surface area contributed by atoms with Crippen molar-refractivity contribution < 1.29 is 17.9 Å². The van der Waals surface area contributed by atoms with Crippen molar-refractivity contribution in [2.45, 2.75) is 12.2 Å². The molecule has 0 unspecified atom stereocenters. The summed E-state index contributed by atoms with van der Waals surface area (Å²) < 4.78 is 46.2. The van der Waals surface area contributed by atoms with Gasteiger partial charge in [-0.1, -0.05) is 15.9 Å². The summed E-state index contributed by atoms with van der Waals surface area (Å²) in [5.41, 5.74) is 0.149. The van der Waals surface area contributed by atoms with Crippen molar-refractivity contribution in [1.29, 1.82) is 0 Å². The van der Waals surface area contributed by atoms with Gasteiger partial charge >= 0.3 is 6.18 Å². The minimum atomic E-state index is -4.34. The van der Waals surface area contributed by atoms with Crippen LogP contribution in [0, 0.1) is 0 Å². The quantitative estimate of drug-likeness (QED) is 0.796. The number of piperazine rings is 1. The second kappa shape index (κ2) is 9.17. The molecule has 1 aliphatic heterocycles. The molecular formula is C13H18BrCl2F3N2O. The molecule has 22 heavy (non-hydrogen) atoms. The molecule has 0 radical (unpaired) electrons. The lowest BCUT2D eigenvalue weighted by atomic mass is 10.0. The number of benzene rings is 1. The molecule has 1 heterocycles. The number of halogens is 6. The Morgan fingerprint density at radius 1 is 1.23 bits per heavy atom. The van der Waals surface area contributed by atoms with Crippen LogP contribution in [0.15, 0.2) is 22.7 Å². The number of rotatable bonds is 3. The summed E-state index contributed by atoms with van der Waals surface area (Å²) in [7, 11) is 1.39. The van der Waals surface area contributed by atoms with Gasteiger partial charge in [0.2, 0.25) is 0 Å². The molecule has 1 aliphatic rings. The summed E-state index contributed by atoms with van der Waals surface area (Å²) in [6, 6.07) is 3.07. The lowest BCUT2D eigenvalue weighted by Crippen LogP contribution is -2.49. The van der Waals surface area contributed by atoms with Gasteiger partial charge in [-0.05, 0) is 18.2 Å². The maximum Gasteiger partial charge on any atom is 0.408 e. The second-order valence-corrected chi connectivity index (χ2v) is 5.53. The fraction of sp³-hybridized carbons (Fsp3) is 0.538. The van der Waals surface area contributed by atoms with Crippen LogP contribution in [0.4, 0.5) is 13.2 Å². The predicted molar refractivity (Wildman–Crippen MR) is 88.4 cm³/mol. The fourth-order valence-corrected chi connectivity index (χ4v) is 2.82. The maximum absolute atomic E-state index is 13.5. The molecule has 0 spiro atoms. The topological polar surface area (TPSA) is 24.5 Å². The number of hydrogen-bond acceptors (Lipinski definition) is 3. The standard InChI is InChI=1S/C13H16BrF3N2O.2ClH/c1-20-11-3-2-9(14)8-10(11)12(13(15,16)17)19-6-4-18-5-7-19;;/h2-3,8,12,18H,4-7H2,1H3;2*1H/t12-;;/m1../s1. The van der Waals surface area contributed by atoms with Crippen molar-refractivity contribution in [1.82, 2.24) is 10.2 Å². The Bertz CT molecular complexity index is 471. The third kappa shape index (κ3) is 5.16. The third-order valence-electron chi connectivity index (χ3n) is 3.31. The van der Waals surface area contributed by atoms with Crippen LogP contribution < -0.4 is 10.1 Å². The van der Waals surface area contributed by atoms with Gasteiger partial charge in [0, 0.05) is 36.2 Å². The SMILES string of the molecule is COc1ccc(Br)cc1[C@@H](N1CCNCC1)C(F)(F)F.Cl.Cl. The Hall–Kier alpha value is -0.210. The van der Waals surface area contributed by atoms with Crippen LogP contribution in [-0.2, 0) is 0 Å². The molecule has 0 aliphatic carbocycles. The van der Waals surface area contributed by atoms with Gasteiger partial charge in [0.1, 0.15) is 11.8 Å². The summed E-state index contributed by atoms with van der Waals surface area (Å²) in [5.74, 6) is 0.258. The smallest absolute Gasteiger partial charge is 0.408 e. The minimum absolute atomic E-state index is 0. The zero-order valence-corrected chi connectivity index (χ0v) is 15.0. The molecule has 1 N–H and O–H groups in total. The lowest BCUT2D eigenvalue weighted by Gasteiger charge is -2.36. The number of alkyl halides is 3. The Kier molecular flexibility index (Phi) is 9.09. The monoisotopic (exact) mass is 424 g/mol. The molecule has 1 saturated heterocycles. The Labute approximate surface area is 148 Å². The minimum Gasteiger partial charge on any atom is -0.496 e. The number of nitrogens with zero attached hydrogens (tertiary/aromatic N) is 1. The van der Waals surface area contributed by atoms with Crippen LogP contribution in [-0.4, -0.2) is 44.4 Å². The van der Waals surface area contributed by atoms with E-state index in [1.165, 1.54) is 18.1 Å². The zero-order chi connectivity index (χ0) is 14.8. The average molecular weight is 426 g/mol. The summed E-state index contributed by atoms with van der Waals surface area (Å²) in [4.78, 5) is 1.45. The van der Waals surface area contributed by atoms with Crippen LogP contribution >= 0.6 is 40.7 Å². The van der Waals surface area contributed by atoms with Gasteiger partial charge in [0.05, 0.1) is 7.11 Å². The summed E-state index contributed by atoms with van der Waals surface area (Å²) in [6.45, 7) is 1.84. The van der Waals surface area contributed by atoms with Gasteiger partial charge in [0.25, 0.3) is 0 Å². The summed E-state index contributed by atoms with van der Waals surface area (Å²) in [6.07, 6.45) is -4.34. The van der Waals surface area contributed by atoms with E-state index >= 15 is 0 Å². The van der Waals surface area contributed by atoms with E-state index in [0.717, 1.165) is 0 Å². The first-order valence-electron chi connectivity index (χ1n) is 6.28. The third-order valence-corrected chi connectivity index (χ3v) is 3.81. The Balaban J connectivity index is 0.00000220. The van der Waals surface area contributed by atoms with Crippen LogP contribution in [0.5, 0.6) is 5.75 Å². The van der Waals surface area contributed by atoms with Crippen molar-refractivity contribution in [3.05, 3.63) is 28.2 Å². The van der Waals surface area contributed by atoms with E-state index in [2.05, 4.69) is 21.2 Å². The van der Waals surface area contributed by atoms with E-state index in [4.69, 9.17) is 4.74 Å². The highest BCUT2D eigenvalue weighted by Gasteiger charge is 2.46. The van der Waals surface area contributed by atoms with E-state index in [1.54, 1.807) is 12.1 Å². The number of nitrogens with one attached hydrogen (secondary N) is 1. The lowest BCUT2D eigenvalue weighted by molar-refractivity contribution is -0.188. The Morgan fingerprint density at radius 2 is 1.82 bits per heavy atom. The summed E-state index contributed by atoms with van der Waals surface area (Å²) in [5, 5.41) is 3.06. The normalized spacial score (nSPS) is 17.1. The van der Waals surface area contributed by atoms with Gasteiger partial charge in [0.15, 0.2) is 0 Å². The predicted octanol–water partition coefficient (Wildman–Crippen LogP) is 3.81. The fourth-order valence-electron chi connectivity index (χ4n) is 2.44. The molecule has 0 saturated carbocycles. The van der Waals surface area contributed by atoms with Crippen molar-refractivity contribution in [2.75, 3.05) is 33.3 Å². The van der Waals surface area contributed by atoms with E-state index in [1.807, 2.05) is 0 Å². The molecule has 3 nitrogen and oxygen atoms in total. The molecule has 1 fully saturated rings. The zero-order valence-electron chi connectivity index (χ0n) is 11.8. The molecule has 1 aromatic rings. The van der Waals surface area contributed by atoms with E-state index in [0.29, 0.717) is 30.7 Å². The van der Waals surface area contributed by atoms with Gasteiger partial charge in [-0.2, -0.15) is 13.2 Å². The van der Waals surface area contributed by atoms with E-state index in [-0.39, 0.29) is 36.1 Å². The molecule has 0 bridgehead atoms. The van der Waals surface area contributed by atoms with Crippen molar-refractivity contribution in [3.8, 4) is 5.75 Å². The van der Waals surface area contributed by atoms with Crippen molar-refractivity contribution >= 4 is 40.7 Å². The first kappa shape index (κ1) is 21.8.